The van der Waals surface area contributed by atoms with Crippen LogP contribution in [0.25, 0.3) is 11.3 Å². The number of anilines is 2. The molecule has 5 aromatic rings. The zero-order chi connectivity index (χ0) is 26.2. The molecule has 38 heavy (non-hydrogen) atoms. The molecule has 2 N–H and O–H groups in total. The number of thiazole rings is 1. The van der Waals surface area contributed by atoms with Crippen LogP contribution in [0.4, 0.5) is 10.8 Å². The van der Waals surface area contributed by atoms with Crippen molar-refractivity contribution in [2.75, 3.05) is 5.32 Å². The van der Waals surface area contributed by atoms with Crippen LogP contribution in [0.2, 0.25) is 0 Å². The molecular weight excluding hydrogens is 560 g/mol. The Labute approximate surface area is 233 Å². The van der Waals surface area contributed by atoms with E-state index >= 15 is 0 Å². The highest BCUT2D eigenvalue weighted by atomic mass is 79.9. The van der Waals surface area contributed by atoms with E-state index in [0.717, 1.165) is 37.7 Å². The van der Waals surface area contributed by atoms with E-state index in [1.807, 2.05) is 96.4 Å². The molecule has 0 saturated carbocycles. The highest BCUT2D eigenvalue weighted by Gasteiger charge is 2.09. The van der Waals surface area contributed by atoms with Crippen LogP contribution in [0.3, 0.4) is 0 Å². The van der Waals surface area contributed by atoms with Crippen molar-refractivity contribution in [1.82, 2.24) is 10.4 Å². The summed E-state index contributed by atoms with van der Waals surface area (Å²) in [5.41, 5.74) is 7.66. The molecule has 1 heterocycles. The van der Waals surface area contributed by atoms with E-state index in [2.05, 4.69) is 36.8 Å². The molecule has 0 spiro atoms. The second-order valence-corrected chi connectivity index (χ2v) is 10.0. The molecule has 0 aliphatic carbocycles. The number of benzene rings is 4. The van der Waals surface area contributed by atoms with Gasteiger partial charge in [-0.15, -0.1) is 11.3 Å². The second kappa shape index (κ2) is 12.3. The number of hydrazone groups is 1. The summed E-state index contributed by atoms with van der Waals surface area (Å²) in [5, 5.41) is 10.2. The van der Waals surface area contributed by atoms with Crippen LogP contribution in [-0.2, 0) is 6.61 Å². The van der Waals surface area contributed by atoms with Gasteiger partial charge in [0, 0.05) is 32.2 Å². The van der Waals surface area contributed by atoms with E-state index in [0.29, 0.717) is 17.9 Å². The third-order valence-corrected chi connectivity index (χ3v) is 6.80. The quantitative estimate of drug-likeness (QED) is 0.138. The predicted octanol–water partition coefficient (Wildman–Crippen LogP) is 7.66. The maximum absolute atomic E-state index is 12.7. The molecule has 0 fully saturated rings. The summed E-state index contributed by atoms with van der Waals surface area (Å²) in [7, 11) is 0. The molecule has 8 heteroatoms. The molecule has 1 aromatic heterocycles. The van der Waals surface area contributed by atoms with Gasteiger partial charge in [0.1, 0.15) is 12.4 Å². The highest BCUT2D eigenvalue weighted by Crippen LogP contribution is 2.27. The Bertz CT molecular complexity index is 1540. The molecule has 5 rings (SSSR count). The molecule has 1 amide bonds. The number of nitrogens with zero attached hydrogens (tertiary/aromatic N) is 2. The third kappa shape index (κ3) is 6.73. The third-order valence-electron chi connectivity index (χ3n) is 5.55. The van der Waals surface area contributed by atoms with Crippen LogP contribution in [-0.4, -0.2) is 17.1 Å². The van der Waals surface area contributed by atoms with E-state index in [9.17, 15) is 4.79 Å². The number of halogens is 1. The first-order chi connectivity index (χ1) is 18.6. The lowest BCUT2D eigenvalue weighted by molar-refractivity contribution is 0.0955. The lowest BCUT2D eigenvalue weighted by Crippen LogP contribution is -2.17. The van der Waals surface area contributed by atoms with Crippen LogP contribution >= 0.6 is 27.3 Å². The lowest BCUT2D eigenvalue weighted by Gasteiger charge is -2.09. The number of rotatable bonds is 9. The topological polar surface area (TPSA) is 75.6 Å². The van der Waals surface area contributed by atoms with Crippen molar-refractivity contribution in [3.63, 3.8) is 0 Å². The van der Waals surface area contributed by atoms with E-state index in [-0.39, 0.29) is 5.91 Å². The zero-order valence-electron chi connectivity index (χ0n) is 20.2. The molecule has 0 unspecified atom stereocenters. The van der Waals surface area contributed by atoms with Crippen molar-refractivity contribution in [2.45, 2.75) is 6.61 Å². The first kappa shape index (κ1) is 25.4. The fourth-order valence-corrected chi connectivity index (χ4v) is 4.73. The summed E-state index contributed by atoms with van der Waals surface area (Å²) < 4.78 is 6.86. The molecule has 6 nitrogen and oxygen atoms in total. The summed E-state index contributed by atoms with van der Waals surface area (Å²) >= 11 is 5.01. The summed E-state index contributed by atoms with van der Waals surface area (Å²) in [6.07, 6.45) is 1.58. The Hall–Kier alpha value is -4.27. The van der Waals surface area contributed by atoms with Crippen LogP contribution in [0.5, 0.6) is 5.75 Å². The molecule has 0 aliphatic heterocycles. The van der Waals surface area contributed by atoms with Crippen molar-refractivity contribution in [3.8, 4) is 17.0 Å². The van der Waals surface area contributed by atoms with Gasteiger partial charge in [0.2, 0.25) is 0 Å². The van der Waals surface area contributed by atoms with Crippen LogP contribution < -0.4 is 15.5 Å². The van der Waals surface area contributed by atoms with E-state index < -0.39 is 0 Å². The number of carbonyl (C=O) groups excluding carboxylic acids is 1. The van der Waals surface area contributed by atoms with Crippen molar-refractivity contribution in [1.29, 1.82) is 0 Å². The largest absolute Gasteiger partial charge is 0.488 e. The molecule has 0 atom stereocenters. The Balaban J connectivity index is 1.20. The molecular formula is C30H23BrN4O2S. The number of hydrogen-bond donors (Lipinski definition) is 2. The normalized spacial score (nSPS) is 10.9. The van der Waals surface area contributed by atoms with Crippen molar-refractivity contribution in [2.24, 2.45) is 5.10 Å². The number of nitrogens with one attached hydrogen (secondary N) is 2. The van der Waals surface area contributed by atoms with Crippen molar-refractivity contribution >= 4 is 50.2 Å². The van der Waals surface area contributed by atoms with Gasteiger partial charge < -0.3 is 10.1 Å². The number of amides is 1. The SMILES string of the molecule is O=C(N/N=C\c1cc(Br)ccc1OCc1ccccc1)c1ccc(-c2csc(Nc3ccccc3)n2)cc1. The Morgan fingerprint density at radius 1 is 0.947 bits per heavy atom. The van der Waals surface area contributed by atoms with Gasteiger partial charge in [-0.25, -0.2) is 10.4 Å². The summed E-state index contributed by atoms with van der Waals surface area (Å²) in [5.74, 6) is 0.364. The Morgan fingerprint density at radius 3 is 2.45 bits per heavy atom. The number of carbonyl (C=O) groups is 1. The molecule has 188 valence electrons. The fraction of sp³-hybridized carbons (Fsp3) is 0.0333. The number of para-hydroxylation sites is 1. The van der Waals surface area contributed by atoms with Gasteiger partial charge in [-0.3, -0.25) is 4.79 Å². The van der Waals surface area contributed by atoms with Gasteiger partial charge in [0.15, 0.2) is 5.13 Å². The van der Waals surface area contributed by atoms with Gasteiger partial charge in [-0.1, -0.05) is 76.6 Å². The lowest BCUT2D eigenvalue weighted by atomic mass is 10.1. The first-order valence-corrected chi connectivity index (χ1v) is 13.5. The molecule has 4 aromatic carbocycles. The van der Waals surface area contributed by atoms with Gasteiger partial charge in [0.05, 0.1) is 11.9 Å². The molecule has 0 bridgehead atoms. The maximum atomic E-state index is 12.7. The summed E-state index contributed by atoms with van der Waals surface area (Å²) in [6.45, 7) is 0.435. The van der Waals surface area contributed by atoms with Crippen molar-refractivity contribution < 1.29 is 9.53 Å². The smallest absolute Gasteiger partial charge is 0.271 e. The summed E-state index contributed by atoms with van der Waals surface area (Å²) in [4.78, 5) is 17.3. The van der Waals surface area contributed by atoms with Gasteiger partial charge >= 0.3 is 0 Å². The van der Waals surface area contributed by atoms with Gasteiger partial charge in [-0.05, 0) is 48.0 Å². The predicted molar refractivity (Wildman–Crippen MR) is 157 cm³/mol. The standard InChI is InChI=1S/C30H23BrN4O2S/c31-25-15-16-28(37-19-21-7-3-1-4-8-21)24(17-25)18-32-35-29(36)23-13-11-22(12-14-23)27-20-38-30(34-27)33-26-9-5-2-6-10-26/h1-18,20H,19H2,(H,33,34)(H,35,36)/b32-18-. The second-order valence-electron chi connectivity index (χ2n) is 8.26. The van der Waals surface area contributed by atoms with Crippen LogP contribution in [0.15, 0.2) is 118 Å². The van der Waals surface area contributed by atoms with Crippen LogP contribution in [0.1, 0.15) is 21.5 Å². The average molecular weight is 584 g/mol. The monoisotopic (exact) mass is 582 g/mol. The fourth-order valence-electron chi connectivity index (χ4n) is 3.61. The zero-order valence-corrected chi connectivity index (χ0v) is 22.6. The summed E-state index contributed by atoms with van der Waals surface area (Å²) in [6, 6.07) is 32.8. The van der Waals surface area contributed by atoms with Crippen molar-refractivity contribution in [3.05, 3.63) is 130 Å². The molecule has 0 aliphatic rings. The van der Waals surface area contributed by atoms with E-state index in [1.54, 1.807) is 18.3 Å². The number of hydrogen-bond acceptors (Lipinski definition) is 6. The van der Waals surface area contributed by atoms with Gasteiger partial charge in [-0.2, -0.15) is 5.10 Å². The molecule has 0 radical (unpaired) electrons. The number of aromatic nitrogens is 1. The highest BCUT2D eigenvalue weighted by molar-refractivity contribution is 9.10. The maximum Gasteiger partial charge on any atom is 0.271 e. The van der Waals surface area contributed by atoms with Gasteiger partial charge in [0.25, 0.3) is 5.91 Å². The minimum absolute atomic E-state index is 0.306. The minimum Gasteiger partial charge on any atom is -0.488 e. The van der Waals surface area contributed by atoms with Crippen LogP contribution in [0, 0.1) is 0 Å². The number of ether oxygens (including phenoxy) is 1. The minimum atomic E-state index is -0.306. The van der Waals surface area contributed by atoms with E-state index in [1.165, 1.54) is 11.3 Å². The molecule has 0 saturated heterocycles. The Morgan fingerprint density at radius 2 is 1.68 bits per heavy atom. The van der Waals surface area contributed by atoms with E-state index in [4.69, 9.17) is 4.74 Å². The first-order valence-electron chi connectivity index (χ1n) is 11.8. The average Bonchev–Trinajstić information content (AvgIpc) is 3.42. The Kier molecular flexibility index (Phi) is 8.23.